The summed E-state index contributed by atoms with van der Waals surface area (Å²) in [6.45, 7) is 0. The van der Waals surface area contributed by atoms with Gasteiger partial charge < -0.3 is 20.5 Å². The lowest BCUT2D eigenvalue weighted by Crippen LogP contribution is -2.33. The van der Waals surface area contributed by atoms with Crippen LogP contribution in [-0.4, -0.2) is 32.3 Å². The minimum atomic E-state index is -0.101. The predicted octanol–water partition coefficient (Wildman–Crippen LogP) is 1.57. The molecule has 19 heavy (non-hydrogen) atoms. The molecule has 0 spiro atoms. The zero-order valence-corrected chi connectivity index (χ0v) is 11.3. The molecule has 3 N–H and O–H groups in total. The van der Waals surface area contributed by atoms with Crippen molar-refractivity contribution in [1.29, 1.82) is 0 Å². The van der Waals surface area contributed by atoms with Crippen LogP contribution in [0.4, 0.5) is 5.69 Å². The Morgan fingerprint density at radius 2 is 2.16 bits per heavy atom. The van der Waals surface area contributed by atoms with E-state index in [0.29, 0.717) is 17.0 Å². The van der Waals surface area contributed by atoms with Crippen molar-refractivity contribution in [2.75, 3.05) is 20.0 Å². The van der Waals surface area contributed by atoms with E-state index in [9.17, 15) is 4.79 Å². The van der Waals surface area contributed by atoms with Crippen LogP contribution in [-0.2, 0) is 4.74 Å². The molecule has 1 fully saturated rings. The van der Waals surface area contributed by atoms with Gasteiger partial charge in [0, 0.05) is 18.7 Å². The average Bonchev–Trinajstić information content (AvgIpc) is 2.86. The van der Waals surface area contributed by atoms with Crippen molar-refractivity contribution in [3.63, 3.8) is 0 Å². The van der Waals surface area contributed by atoms with Crippen molar-refractivity contribution < 1.29 is 14.3 Å². The first-order valence-corrected chi connectivity index (χ1v) is 6.41. The maximum Gasteiger partial charge on any atom is 0.251 e. The van der Waals surface area contributed by atoms with Gasteiger partial charge in [0.1, 0.15) is 5.75 Å². The van der Waals surface area contributed by atoms with Crippen LogP contribution in [0.25, 0.3) is 0 Å². The molecule has 5 nitrogen and oxygen atoms in total. The van der Waals surface area contributed by atoms with Gasteiger partial charge in [0.15, 0.2) is 0 Å². The summed E-state index contributed by atoms with van der Waals surface area (Å²) in [5.74, 6) is 0.480. The molecule has 1 aliphatic carbocycles. The Hall–Kier alpha value is -1.75. The van der Waals surface area contributed by atoms with Gasteiger partial charge in [-0.1, -0.05) is 0 Å². The molecule has 1 aliphatic rings. The lowest BCUT2D eigenvalue weighted by atomic mass is 10.1. The summed E-state index contributed by atoms with van der Waals surface area (Å²) in [7, 11) is 3.26. The van der Waals surface area contributed by atoms with Gasteiger partial charge in [-0.25, -0.2) is 0 Å². The minimum absolute atomic E-state index is 0.101. The molecule has 2 rings (SSSR count). The highest BCUT2D eigenvalue weighted by Crippen LogP contribution is 2.24. The number of ether oxygens (including phenoxy) is 2. The monoisotopic (exact) mass is 264 g/mol. The fourth-order valence-electron chi connectivity index (χ4n) is 2.43. The van der Waals surface area contributed by atoms with Crippen molar-refractivity contribution in [3.8, 4) is 5.75 Å². The largest absolute Gasteiger partial charge is 0.495 e. The second kappa shape index (κ2) is 5.93. The van der Waals surface area contributed by atoms with E-state index in [2.05, 4.69) is 5.32 Å². The summed E-state index contributed by atoms with van der Waals surface area (Å²) < 4.78 is 10.4. The maximum absolute atomic E-state index is 12.1. The van der Waals surface area contributed by atoms with E-state index in [4.69, 9.17) is 15.2 Å². The van der Waals surface area contributed by atoms with E-state index in [1.165, 1.54) is 0 Å². The fraction of sp³-hybridized carbons (Fsp3) is 0.500. The zero-order valence-electron chi connectivity index (χ0n) is 11.3. The molecule has 104 valence electrons. The molecule has 1 aromatic rings. The quantitative estimate of drug-likeness (QED) is 0.810. The highest BCUT2D eigenvalue weighted by molar-refractivity contribution is 5.95. The highest BCUT2D eigenvalue weighted by Gasteiger charge is 2.25. The third-order valence-electron chi connectivity index (χ3n) is 3.54. The number of nitrogens with two attached hydrogens (primary N) is 1. The van der Waals surface area contributed by atoms with Crippen molar-refractivity contribution in [2.24, 2.45) is 0 Å². The Morgan fingerprint density at radius 1 is 1.37 bits per heavy atom. The molecular weight excluding hydrogens is 244 g/mol. The molecule has 0 saturated heterocycles. The fourth-order valence-corrected chi connectivity index (χ4v) is 2.43. The summed E-state index contributed by atoms with van der Waals surface area (Å²) in [5.41, 5.74) is 6.82. The maximum atomic E-state index is 12.1. The van der Waals surface area contributed by atoms with Gasteiger partial charge >= 0.3 is 0 Å². The van der Waals surface area contributed by atoms with Crippen molar-refractivity contribution in [1.82, 2.24) is 5.32 Å². The molecule has 0 heterocycles. The number of nitrogens with one attached hydrogen (secondary N) is 1. The summed E-state index contributed by atoms with van der Waals surface area (Å²) in [5, 5.41) is 3.01. The van der Waals surface area contributed by atoms with Gasteiger partial charge in [-0.2, -0.15) is 0 Å². The van der Waals surface area contributed by atoms with Crippen molar-refractivity contribution in [2.45, 2.75) is 31.4 Å². The van der Waals surface area contributed by atoms with Gasteiger partial charge in [0.2, 0.25) is 0 Å². The molecule has 5 heteroatoms. The standard InChI is InChI=1S/C14H20N2O3/c1-18-11-5-4-10(8-11)16-14(17)9-3-6-13(19-2)12(15)7-9/h3,6-7,10-11H,4-5,8,15H2,1-2H3,(H,16,17). The van der Waals surface area contributed by atoms with Crippen LogP contribution < -0.4 is 15.8 Å². The Kier molecular flexibility index (Phi) is 4.27. The third-order valence-corrected chi connectivity index (χ3v) is 3.54. The van der Waals surface area contributed by atoms with Crippen LogP contribution in [0.2, 0.25) is 0 Å². The topological polar surface area (TPSA) is 73.6 Å². The number of anilines is 1. The van der Waals surface area contributed by atoms with Crippen LogP contribution >= 0.6 is 0 Å². The second-order valence-electron chi connectivity index (χ2n) is 4.80. The van der Waals surface area contributed by atoms with E-state index < -0.39 is 0 Å². The smallest absolute Gasteiger partial charge is 0.251 e. The number of nitrogen functional groups attached to an aromatic ring is 1. The summed E-state index contributed by atoms with van der Waals surface area (Å²) in [4.78, 5) is 12.1. The van der Waals surface area contributed by atoms with Gasteiger partial charge in [-0.05, 0) is 37.5 Å². The first-order chi connectivity index (χ1) is 9.13. The van der Waals surface area contributed by atoms with Crippen LogP contribution in [0.1, 0.15) is 29.6 Å². The molecule has 0 bridgehead atoms. The molecule has 2 unspecified atom stereocenters. The van der Waals surface area contributed by atoms with E-state index in [1.807, 2.05) is 0 Å². The normalized spacial score (nSPS) is 22.2. The van der Waals surface area contributed by atoms with Gasteiger partial charge in [-0.3, -0.25) is 4.79 Å². The van der Waals surface area contributed by atoms with Gasteiger partial charge in [0.05, 0.1) is 18.9 Å². The third kappa shape index (κ3) is 3.17. The van der Waals surface area contributed by atoms with Crippen LogP contribution in [0.3, 0.4) is 0 Å². The van der Waals surface area contributed by atoms with E-state index in [1.54, 1.807) is 32.4 Å². The number of benzene rings is 1. The SMILES string of the molecule is COc1ccc(C(=O)NC2CCC(OC)C2)cc1N. The number of carbonyl (C=O) groups is 1. The summed E-state index contributed by atoms with van der Waals surface area (Å²) in [6, 6.07) is 5.24. The Balaban J connectivity index is 1.98. The Labute approximate surface area is 113 Å². The second-order valence-corrected chi connectivity index (χ2v) is 4.80. The van der Waals surface area contributed by atoms with Crippen molar-refractivity contribution in [3.05, 3.63) is 23.8 Å². The molecule has 0 aliphatic heterocycles. The first-order valence-electron chi connectivity index (χ1n) is 6.41. The first kappa shape index (κ1) is 13.7. The number of hydrogen-bond acceptors (Lipinski definition) is 4. The number of amides is 1. The summed E-state index contributed by atoms with van der Waals surface area (Å²) >= 11 is 0. The molecule has 2 atom stereocenters. The minimum Gasteiger partial charge on any atom is -0.495 e. The molecule has 1 amide bonds. The zero-order chi connectivity index (χ0) is 13.8. The number of hydrogen-bond donors (Lipinski definition) is 2. The number of carbonyl (C=O) groups excluding carboxylic acids is 1. The molecule has 0 aromatic heterocycles. The van der Waals surface area contributed by atoms with E-state index in [-0.39, 0.29) is 18.1 Å². The van der Waals surface area contributed by atoms with Crippen LogP contribution in [0.15, 0.2) is 18.2 Å². The van der Waals surface area contributed by atoms with Crippen LogP contribution in [0, 0.1) is 0 Å². The average molecular weight is 264 g/mol. The number of methoxy groups -OCH3 is 2. The lowest BCUT2D eigenvalue weighted by Gasteiger charge is -2.13. The highest BCUT2D eigenvalue weighted by atomic mass is 16.5. The van der Waals surface area contributed by atoms with Gasteiger partial charge in [0.25, 0.3) is 5.91 Å². The summed E-state index contributed by atoms with van der Waals surface area (Å²) in [6.07, 6.45) is 3.07. The van der Waals surface area contributed by atoms with E-state index in [0.717, 1.165) is 19.3 Å². The predicted molar refractivity (Wildman–Crippen MR) is 73.3 cm³/mol. The van der Waals surface area contributed by atoms with E-state index >= 15 is 0 Å². The molecule has 1 saturated carbocycles. The number of rotatable bonds is 4. The molecular formula is C14H20N2O3. The van der Waals surface area contributed by atoms with Crippen molar-refractivity contribution >= 4 is 11.6 Å². The lowest BCUT2D eigenvalue weighted by molar-refractivity contribution is 0.0915. The molecule has 1 aromatic carbocycles. The Morgan fingerprint density at radius 3 is 2.74 bits per heavy atom. The van der Waals surface area contributed by atoms with Gasteiger partial charge in [-0.15, -0.1) is 0 Å². The molecule has 0 radical (unpaired) electrons. The Bertz CT molecular complexity index is 462. The van der Waals surface area contributed by atoms with Crippen LogP contribution in [0.5, 0.6) is 5.75 Å².